The quantitative estimate of drug-likeness (QED) is 0.604. The van der Waals surface area contributed by atoms with Crippen LogP contribution in [0.4, 0.5) is 8.78 Å². The van der Waals surface area contributed by atoms with Crippen molar-refractivity contribution in [1.82, 2.24) is 9.88 Å². The van der Waals surface area contributed by atoms with Gasteiger partial charge in [-0.3, -0.25) is 9.78 Å². The number of carbonyl (C=O) groups is 1. The zero-order valence-corrected chi connectivity index (χ0v) is 16.7. The van der Waals surface area contributed by atoms with Crippen LogP contribution in [-0.4, -0.2) is 28.9 Å². The number of pyridine rings is 1. The molecule has 0 atom stereocenters. The maximum Gasteiger partial charge on any atom is 0.226 e. The van der Waals surface area contributed by atoms with E-state index in [1.54, 1.807) is 24.3 Å². The molecule has 5 heteroatoms. The van der Waals surface area contributed by atoms with Crippen LogP contribution in [0.25, 0.3) is 0 Å². The Balaban J connectivity index is 1.34. The van der Waals surface area contributed by atoms with Gasteiger partial charge in [-0.15, -0.1) is 0 Å². The SMILES string of the molecule is O=C(Cc1ccc(F)cc1)N1CCC(c2cccc(Cc3ccc(F)cc3)n2)CC1. The van der Waals surface area contributed by atoms with Gasteiger partial charge in [-0.05, 0) is 60.4 Å². The highest BCUT2D eigenvalue weighted by Crippen LogP contribution is 2.27. The molecule has 1 aliphatic rings. The van der Waals surface area contributed by atoms with Crippen LogP contribution in [-0.2, 0) is 17.6 Å². The normalized spacial score (nSPS) is 14.7. The number of benzene rings is 2. The van der Waals surface area contributed by atoms with Crippen LogP contribution in [0.15, 0.2) is 66.7 Å². The zero-order chi connectivity index (χ0) is 20.9. The van der Waals surface area contributed by atoms with Crippen molar-refractivity contribution >= 4 is 5.91 Å². The molecule has 0 saturated carbocycles. The van der Waals surface area contributed by atoms with Crippen molar-refractivity contribution in [2.75, 3.05) is 13.1 Å². The van der Waals surface area contributed by atoms with Crippen LogP contribution in [0.3, 0.4) is 0 Å². The Morgan fingerprint density at radius 2 is 1.47 bits per heavy atom. The number of halogens is 2. The minimum absolute atomic E-state index is 0.0816. The molecule has 30 heavy (non-hydrogen) atoms. The average Bonchev–Trinajstić information content (AvgIpc) is 2.77. The summed E-state index contributed by atoms with van der Waals surface area (Å²) < 4.78 is 26.1. The van der Waals surface area contributed by atoms with Gasteiger partial charge in [-0.1, -0.05) is 30.3 Å². The smallest absolute Gasteiger partial charge is 0.226 e. The summed E-state index contributed by atoms with van der Waals surface area (Å²) in [5.41, 5.74) is 3.88. The summed E-state index contributed by atoms with van der Waals surface area (Å²) in [5, 5.41) is 0. The highest BCUT2D eigenvalue weighted by Gasteiger charge is 2.24. The molecule has 1 fully saturated rings. The monoisotopic (exact) mass is 406 g/mol. The van der Waals surface area contributed by atoms with E-state index in [9.17, 15) is 13.6 Å². The molecule has 3 nitrogen and oxygen atoms in total. The van der Waals surface area contributed by atoms with E-state index < -0.39 is 0 Å². The minimum Gasteiger partial charge on any atom is -0.342 e. The number of hydrogen-bond acceptors (Lipinski definition) is 2. The first kappa shape index (κ1) is 20.2. The summed E-state index contributed by atoms with van der Waals surface area (Å²) in [6.45, 7) is 1.41. The van der Waals surface area contributed by atoms with E-state index in [2.05, 4.69) is 6.07 Å². The predicted octanol–water partition coefficient (Wildman–Crippen LogP) is 4.90. The summed E-state index contributed by atoms with van der Waals surface area (Å²) in [7, 11) is 0. The fraction of sp³-hybridized carbons (Fsp3) is 0.280. The largest absolute Gasteiger partial charge is 0.342 e. The summed E-state index contributed by atoms with van der Waals surface area (Å²) in [5.74, 6) is -0.117. The number of nitrogens with zero attached hydrogens (tertiary/aromatic N) is 2. The number of carbonyl (C=O) groups excluding carboxylic acids is 1. The molecule has 154 valence electrons. The fourth-order valence-electron chi connectivity index (χ4n) is 3.95. The number of piperidine rings is 1. The fourth-order valence-corrected chi connectivity index (χ4v) is 3.95. The molecule has 1 amide bonds. The minimum atomic E-state index is -0.291. The second-order valence-electron chi connectivity index (χ2n) is 7.82. The van der Waals surface area contributed by atoms with Crippen LogP contribution >= 0.6 is 0 Å². The Labute approximate surface area is 175 Å². The lowest BCUT2D eigenvalue weighted by molar-refractivity contribution is -0.131. The van der Waals surface area contributed by atoms with E-state index in [0.717, 1.165) is 35.4 Å². The molecule has 0 unspecified atom stereocenters. The van der Waals surface area contributed by atoms with Gasteiger partial charge >= 0.3 is 0 Å². The van der Waals surface area contributed by atoms with Crippen molar-refractivity contribution in [3.8, 4) is 0 Å². The second-order valence-corrected chi connectivity index (χ2v) is 7.82. The van der Waals surface area contributed by atoms with E-state index in [4.69, 9.17) is 4.98 Å². The van der Waals surface area contributed by atoms with Gasteiger partial charge in [0.1, 0.15) is 11.6 Å². The van der Waals surface area contributed by atoms with Gasteiger partial charge in [-0.2, -0.15) is 0 Å². The van der Waals surface area contributed by atoms with Crippen LogP contribution < -0.4 is 0 Å². The first-order valence-electron chi connectivity index (χ1n) is 10.3. The molecule has 0 bridgehead atoms. The molecule has 0 spiro atoms. The summed E-state index contributed by atoms with van der Waals surface area (Å²) in [6.07, 6.45) is 2.73. The first-order valence-corrected chi connectivity index (χ1v) is 10.3. The zero-order valence-electron chi connectivity index (χ0n) is 16.7. The van der Waals surface area contributed by atoms with Gasteiger partial charge in [0.15, 0.2) is 0 Å². The van der Waals surface area contributed by atoms with Gasteiger partial charge in [0, 0.05) is 36.8 Å². The summed E-state index contributed by atoms with van der Waals surface area (Å²) in [4.78, 5) is 19.3. The van der Waals surface area contributed by atoms with Crippen LogP contribution in [0.2, 0.25) is 0 Å². The Kier molecular flexibility index (Phi) is 6.17. The molecule has 2 heterocycles. The second kappa shape index (κ2) is 9.16. The average molecular weight is 406 g/mol. The molecular formula is C25H24F2N2O. The third kappa shape index (κ3) is 5.09. The number of amides is 1. The maximum absolute atomic E-state index is 13.1. The van der Waals surface area contributed by atoms with Crippen molar-refractivity contribution in [3.05, 3.63) is 101 Å². The van der Waals surface area contributed by atoms with E-state index in [-0.39, 0.29) is 17.5 Å². The Hall–Kier alpha value is -3.08. The molecule has 4 rings (SSSR count). The molecule has 2 aromatic carbocycles. The van der Waals surface area contributed by atoms with Crippen molar-refractivity contribution in [2.45, 2.75) is 31.6 Å². The first-order chi connectivity index (χ1) is 14.6. The Morgan fingerprint density at radius 1 is 0.867 bits per heavy atom. The molecule has 1 aliphatic heterocycles. The highest BCUT2D eigenvalue weighted by atomic mass is 19.1. The number of rotatable bonds is 5. The molecule has 3 aromatic rings. The lowest BCUT2D eigenvalue weighted by Gasteiger charge is -2.32. The molecule has 0 aliphatic carbocycles. The van der Waals surface area contributed by atoms with Gasteiger partial charge in [-0.25, -0.2) is 8.78 Å². The third-order valence-electron chi connectivity index (χ3n) is 5.66. The Morgan fingerprint density at radius 3 is 2.10 bits per heavy atom. The van der Waals surface area contributed by atoms with E-state index in [1.165, 1.54) is 24.3 Å². The Bertz CT molecular complexity index is 994. The lowest BCUT2D eigenvalue weighted by atomic mass is 9.92. The van der Waals surface area contributed by atoms with E-state index in [0.29, 0.717) is 31.8 Å². The highest BCUT2D eigenvalue weighted by molar-refractivity contribution is 5.78. The van der Waals surface area contributed by atoms with Crippen molar-refractivity contribution in [1.29, 1.82) is 0 Å². The maximum atomic E-state index is 13.1. The van der Waals surface area contributed by atoms with Crippen molar-refractivity contribution < 1.29 is 13.6 Å². The van der Waals surface area contributed by atoms with Crippen molar-refractivity contribution in [3.63, 3.8) is 0 Å². The van der Waals surface area contributed by atoms with Crippen molar-refractivity contribution in [2.24, 2.45) is 0 Å². The van der Waals surface area contributed by atoms with Gasteiger partial charge in [0.25, 0.3) is 0 Å². The number of hydrogen-bond donors (Lipinski definition) is 0. The third-order valence-corrected chi connectivity index (χ3v) is 5.66. The summed E-state index contributed by atoms with van der Waals surface area (Å²) in [6, 6.07) is 18.7. The molecule has 0 radical (unpaired) electrons. The lowest BCUT2D eigenvalue weighted by Crippen LogP contribution is -2.38. The van der Waals surface area contributed by atoms with Crippen LogP contribution in [0, 0.1) is 11.6 Å². The number of aromatic nitrogens is 1. The molecule has 1 saturated heterocycles. The predicted molar refractivity (Wildman–Crippen MR) is 112 cm³/mol. The van der Waals surface area contributed by atoms with Crippen LogP contribution in [0.5, 0.6) is 0 Å². The van der Waals surface area contributed by atoms with Gasteiger partial charge in [0.2, 0.25) is 5.91 Å². The van der Waals surface area contributed by atoms with E-state index >= 15 is 0 Å². The molecular weight excluding hydrogens is 382 g/mol. The van der Waals surface area contributed by atoms with Crippen LogP contribution in [0.1, 0.15) is 41.3 Å². The standard InChI is InChI=1S/C25H24F2N2O/c26-21-8-4-18(5-9-21)16-23-2-1-3-24(28-23)20-12-14-29(15-13-20)25(30)17-19-6-10-22(27)11-7-19/h1-11,20H,12-17H2. The topological polar surface area (TPSA) is 33.2 Å². The van der Waals surface area contributed by atoms with Gasteiger partial charge < -0.3 is 4.90 Å². The number of likely N-dealkylation sites (tertiary alicyclic amines) is 1. The van der Waals surface area contributed by atoms with E-state index in [1.807, 2.05) is 17.0 Å². The van der Waals surface area contributed by atoms with Gasteiger partial charge in [0.05, 0.1) is 6.42 Å². The molecule has 1 aromatic heterocycles. The summed E-state index contributed by atoms with van der Waals surface area (Å²) >= 11 is 0. The molecule has 0 N–H and O–H groups in total.